The van der Waals surface area contributed by atoms with E-state index in [9.17, 15) is 9.18 Å². The molecule has 1 saturated heterocycles. The fourth-order valence-corrected chi connectivity index (χ4v) is 5.65. The zero-order chi connectivity index (χ0) is 23.8. The summed E-state index contributed by atoms with van der Waals surface area (Å²) >= 11 is 2.07. The van der Waals surface area contributed by atoms with Gasteiger partial charge in [0, 0.05) is 39.4 Å². The Morgan fingerprint density at radius 1 is 1.32 bits per heavy atom. The van der Waals surface area contributed by atoms with E-state index in [0.717, 1.165) is 25.5 Å². The largest absolute Gasteiger partial charge is 0.481 e. The van der Waals surface area contributed by atoms with Gasteiger partial charge in [0.25, 0.3) is 5.91 Å². The van der Waals surface area contributed by atoms with Crippen LogP contribution >= 0.6 is 30.4 Å². The molecule has 0 unspecified atom stereocenters. The number of fused-ring (bicyclic) bond motifs is 1. The van der Waals surface area contributed by atoms with Crippen molar-refractivity contribution in [1.29, 1.82) is 0 Å². The van der Waals surface area contributed by atoms with Crippen LogP contribution < -0.4 is 15.0 Å². The number of hydrogen-bond acceptors (Lipinski definition) is 8. The van der Waals surface area contributed by atoms with Crippen LogP contribution in [0.2, 0.25) is 0 Å². The molecule has 0 spiro atoms. The average molecular weight is 602 g/mol. The van der Waals surface area contributed by atoms with Crippen LogP contribution in [0.15, 0.2) is 24.7 Å². The van der Waals surface area contributed by atoms with Crippen LogP contribution in [0, 0.1) is 11.6 Å². The maximum atomic E-state index is 15.1. The van der Waals surface area contributed by atoms with Gasteiger partial charge in [0.05, 0.1) is 47.1 Å². The molecule has 1 aliphatic heterocycles. The zero-order valence-corrected chi connectivity index (χ0v) is 21.1. The number of rotatable bonds is 7. The fraction of sp³-hybridized carbons (Fsp3) is 0.429. The number of pyridine rings is 1. The monoisotopic (exact) mass is 602 g/mol. The lowest BCUT2D eigenvalue weighted by Gasteiger charge is -2.34. The van der Waals surface area contributed by atoms with Crippen molar-refractivity contribution in [3.8, 4) is 5.88 Å². The van der Waals surface area contributed by atoms with Crippen molar-refractivity contribution < 1.29 is 22.5 Å². The van der Waals surface area contributed by atoms with E-state index >= 15 is 4.39 Å². The number of nitrogens with zero attached hydrogens (tertiary/aromatic N) is 5. The van der Waals surface area contributed by atoms with Gasteiger partial charge in [-0.2, -0.15) is 5.10 Å². The predicted molar refractivity (Wildman–Crippen MR) is 130 cm³/mol. The number of nitrogens with one attached hydrogen (secondary N) is 1. The molecular weight excluding hydrogens is 581 g/mol. The van der Waals surface area contributed by atoms with Crippen molar-refractivity contribution in [2.24, 2.45) is 0 Å². The van der Waals surface area contributed by atoms with Crippen molar-refractivity contribution in [2.75, 3.05) is 18.6 Å². The summed E-state index contributed by atoms with van der Waals surface area (Å²) in [6.07, 6.45) is 6.66. The van der Waals surface area contributed by atoms with Gasteiger partial charge in [0.2, 0.25) is 5.88 Å². The fourth-order valence-electron chi connectivity index (χ4n) is 4.51. The van der Waals surface area contributed by atoms with Gasteiger partial charge in [0.1, 0.15) is 11.4 Å². The standard InChI is InChI=1S/C21H21F2IN6O3S/c1-32-21-14(5-11(22)8-25-21)17-3-2-4-29(17)19-16(23)10-30-18(28-19)15(9-26-30)20(31)27-12-6-13(7-12)33-34-24/h5,8-10,12-13,17H,2-4,6-7H2,1H3,(H,27,31)/t12?,13?,17-/m1/s1. The van der Waals surface area contributed by atoms with Crippen LogP contribution in [0.25, 0.3) is 5.65 Å². The van der Waals surface area contributed by atoms with Crippen molar-refractivity contribution in [3.63, 3.8) is 0 Å². The predicted octanol–water partition coefficient (Wildman–Crippen LogP) is 4.03. The van der Waals surface area contributed by atoms with Crippen LogP contribution in [0.4, 0.5) is 14.6 Å². The molecule has 1 saturated carbocycles. The SMILES string of the molecule is COc1ncc(F)cc1[C@H]1CCCN1c1nc2c(C(=O)NC3CC(OSI)C3)cnn2cc1F. The molecule has 1 aliphatic carbocycles. The minimum Gasteiger partial charge on any atom is -0.481 e. The van der Waals surface area contributed by atoms with E-state index in [-0.39, 0.29) is 47.0 Å². The van der Waals surface area contributed by atoms with Gasteiger partial charge in [-0.1, -0.05) is 0 Å². The number of halogens is 3. The molecule has 1 atom stereocenters. The maximum absolute atomic E-state index is 15.1. The van der Waals surface area contributed by atoms with Crippen molar-refractivity contribution >= 4 is 47.8 Å². The lowest BCUT2D eigenvalue weighted by molar-refractivity contribution is 0.0789. The minimum atomic E-state index is -0.590. The lowest BCUT2D eigenvalue weighted by atomic mass is 9.89. The molecule has 13 heteroatoms. The zero-order valence-electron chi connectivity index (χ0n) is 18.1. The van der Waals surface area contributed by atoms with Crippen molar-refractivity contribution in [2.45, 2.75) is 43.9 Å². The van der Waals surface area contributed by atoms with E-state index in [1.54, 1.807) is 4.90 Å². The lowest BCUT2D eigenvalue weighted by Crippen LogP contribution is -2.47. The highest BCUT2D eigenvalue weighted by molar-refractivity contribution is 14.2. The number of methoxy groups -OCH3 is 1. The van der Waals surface area contributed by atoms with Crippen LogP contribution in [0.5, 0.6) is 5.88 Å². The van der Waals surface area contributed by atoms with Gasteiger partial charge >= 0.3 is 0 Å². The summed E-state index contributed by atoms with van der Waals surface area (Å²) < 4.78 is 41.1. The highest BCUT2D eigenvalue weighted by atomic mass is 127. The van der Waals surface area contributed by atoms with Crippen LogP contribution in [0.1, 0.15) is 47.6 Å². The number of anilines is 1. The molecule has 9 nitrogen and oxygen atoms in total. The Bertz CT molecular complexity index is 1220. The minimum absolute atomic E-state index is 0.00632. The second kappa shape index (κ2) is 9.77. The van der Waals surface area contributed by atoms with Gasteiger partial charge in [-0.15, -0.1) is 0 Å². The maximum Gasteiger partial charge on any atom is 0.256 e. The molecule has 2 aliphatic rings. The quantitative estimate of drug-likeness (QED) is 0.320. The first kappa shape index (κ1) is 23.5. The summed E-state index contributed by atoms with van der Waals surface area (Å²) in [5, 5.41) is 7.07. The Morgan fingerprint density at radius 3 is 2.91 bits per heavy atom. The number of ether oxygens (including phenoxy) is 1. The van der Waals surface area contributed by atoms with E-state index in [4.69, 9.17) is 8.92 Å². The van der Waals surface area contributed by atoms with Gasteiger partial charge in [-0.05, 0) is 31.7 Å². The topological polar surface area (TPSA) is 93.9 Å². The summed E-state index contributed by atoms with van der Waals surface area (Å²) in [6.45, 7) is 0.512. The summed E-state index contributed by atoms with van der Waals surface area (Å²) in [5.41, 5.74) is 1.03. The summed E-state index contributed by atoms with van der Waals surface area (Å²) in [4.78, 5) is 23.2. The molecule has 1 N–H and O–H groups in total. The van der Waals surface area contributed by atoms with E-state index in [1.807, 2.05) is 0 Å². The summed E-state index contributed by atoms with van der Waals surface area (Å²) in [5.74, 6) is -1.05. The molecule has 1 amide bonds. The molecule has 2 fully saturated rings. The second-order valence-corrected chi connectivity index (χ2v) is 9.66. The Kier molecular flexibility index (Phi) is 6.75. The van der Waals surface area contributed by atoms with Crippen LogP contribution in [-0.2, 0) is 4.18 Å². The third-order valence-corrected chi connectivity index (χ3v) is 7.17. The molecule has 5 rings (SSSR count). The molecule has 3 aromatic rings. The third-order valence-electron chi connectivity index (χ3n) is 6.20. The van der Waals surface area contributed by atoms with Gasteiger partial charge in [-0.25, -0.2) is 23.3 Å². The first-order valence-electron chi connectivity index (χ1n) is 10.7. The highest BCUT2D eigenvalue weighted by Crippen LogP contribution is 2.40. The normalized spacial score (nSPS) is 22.1. The molecule has 34 heavy (non-hydrogen) atoms. The van der Waals surface area contributed by atoms with E-state index in [1.165, 1.54) is 39.3 Å². The number of carbonyl (C=O) groups is 1. The summed E-state index contributed by atoms with van der Waals surface area (Å²) in [6, 6.07) is 0.993. The summed E-state index contributed by atoms with van der Waals surface area (Å²) in [7, 11) is 2.74. The number of amides is 1. The first-order chi connectivity index (χ1) is 16.5. The molecule has 0 bridgehead atoms. The van der Waals surface area contributed by atoms with Gasteiger partial charge < -0.3 is 19.1 Å². The van der Waals surface area contributed by atoms with Gasteiger partial charge in [0.15, 0.2) is 17.3 Å². The molecular formula is C21H21F2IN6O3S. The third kappa shape index (κ3) is 4.40. The number of hydrogen-bond donors (Lipinski definition) is 1. The Hall–Kier alpha value is -2.26. The van der Waals surface area contributed by atoms with Crippen LogP contribution in [0.3, 0.4) is 0 Å². The van der Waals surface area contributed by atoms with Crippen LogP contribution in [-0.4, -0.2) is 51.3 Å². The number of carbonyl (C=O) groups excluding carboxylic acids is 1. The second-order valence-electron chi connectivity index (χ2n) is 8.27. The highest BCUT2D eigenvalue weighted by Gasteiger charge is 2.34. The average Bonchev–Trinajstić information content (AvgIpc) is 3.43. The molecule has 3 aromatic heterocycles. The Morgan fingerprint density at radius 2 is 2.15 bits per heavy atom. The van der Waals surface area contributed by atoms with E-state index < -0.39 is 11.6 Å². The first-order valence-corrected chi connectivity index (χ1v) is 14.0. The Balaban J connectivity index is 1.43. The van der Waals surface area contributed by atoms with Crippen molar-refractivity contribution in [1.82, 2.24) is 24.9 Å². The Labute approximate surface area is 210 Å². The van der Waals surface area contributed by atoms with E-state index in [2.05, 4.69) is 41.6 Å². The molecule has 0 radical (unpaired) electrons. The number of aromatic nitrogens is 4. The van der Waals surface area contributed by atoms with Gasteiger partial charge in [-0.3, -0.25) is 4.79 Å². The molecule has 180 valence electrons. The smallest absolute Gasteiger partial charge is 0.256 e. The molecule has 0 aromatic carbocycles. The van der Waals surface area contributed by atoms with E-state index in [0.29, 0.717) is 18.5 Å². The van der Waals surface area contributed by atoms with Crippen molar-refractivity contribution in [3.05, 3.63) is 47.4 Å². The molecule has 4 heterocycles.